The molecule has 1 heterocycles. The minimum Gasteiger partial charge on any atom is -0.481 e. The number of halogens is 2. The van der Waals surface area contributed by atoms with E-state index in [1.165, 1.54) is 12.3 Å². The van der Waals surface area contributed by atoms with Crippen molar-refractivity contribution in [3.63, 3.8) is 0 Å². The number of hydrogen-bond acceptors (Lipinski definition) is 3. The summed E-state index contributed by atoms with van der Waals surface area (Å²) in [5.41, 5.74) is 0.155. The van der Waals surface area contributed by atoms with Gasteiger partial charge in [-0.3, -0.25) is 9.59 Å². The van der Waals surface area contributed by atoms with Crippen LogP contribution in [0, 0.1) is 24.0 Å². The molecule has 1 aromatic heterocycles. The van der Waals surface area contributed by atoms with Gasteiger partial charge in [0.2, 0.25) is 0 Å². The van der Waals surface area contributed by atoms with E-state index in [0.29, 0.717) is 5.56 Å². The zero-order chi connectivity index (χ0) is 19.6. The quantitative estimate of drug-likeness (QED) is 0.839. The van der Waals surface area contributed by atoms with Gasteiger partial charge in [-0.15, -0.1) is 0 Å². The Morgan fingerprint density at radius 2 is 1.92 bits per heavy atom. The summed E-state index contributed by atoms with van der Waals surface area (Å²) in [4.78, 5) is 23.7. The first-order valence-electron chi connectivity index (χ1n) is 8.05. The van der Waals surface area contributed by atoms with Gasteiger partial charge < -0.3 is 14.8 Å². The summed E-state index contributed by atoms with van der Waals surface area (Å²) in [5.74, 6) is -3.15. The van der Waals surface area contributed by atoms with E-state index in [1.54, 1.807) is 27.7 Å². The van der Waals surface area contributed by atoms with E-state index in [2.05, 4.69) is 5.32 Å². The highest BCUT2D eigenvalue weighted by Crippen LogP contribution is 2.35. The van der Waals surface area contributed by atoms with Crippen LogP contribution in [0.5, 0.6) is 0 Å². The molecule has 0 aliphatic carbocycles. The van der Waals surface area contributed by atoms with Gasteiger partial charge in [0.15, 0.2) is 0 Å². The van der Waals surface area contributed by atoms with Gasteiger partial charge in [0.1, 0.15) is 23.8 Å². The average Bonchev–Trinajstić information content (AvgIpc) is 2.84. The molecular weight excluding hydrogens is 344 g/mol. The molecule has 2 rings (SSSR count). The van der Waals surface area contributed by atoms with Crippen LogP contribution in [0.15, 0.2) is 28.9 Å². The minimum absolute atomic E-state index is 0.0275. The molecule has 1 atom stereocenters. The van der Waals surface area contributed by atoms with Crippen molar-refractivity contribution in [3.05, 3.63) is 58.5 Å². The molecule has 5 nitrogen and oxygen atoms in total. The van der Waals surface area contributed by atoms with Gasteiger partial charge in [-0.25, -0.2) is 8.78 Å². The molecule has 1 amide bonds. The number of hydrogen-bond donors (Lipinski definition) is 2. The number of rotatable bonds is 5. The fourth-order valence-electron chi connectivity index (χ4n) is 2.77. The fraction of sp³-hybridized carbons (Fsp3) is 0.368. The van der Waals surface area contributed by atoms with Crippen molar-refractivity contribution in [2.45, 2.75) is 40.2 Å². The zero-order valence-corrected chi connectivity index (χ0v) is 15.0. The largest absolute Gasteiger partial charge is 0.481 e. The van der Waals surface area contributed by atoms with Gasteiger partial charge in [0.05, 0.1) is 17.9 Å². The SMILES string of the molecule is Cc1coc(CC(=O)O)c1C(=O)NC(c1ccc(F)cc1F)C(C)(C)C. The Kier molecular flexibility index (Phi) is 5.49. The molecule has 0 aliphatic heterocycles. The average molecular weight is 365 g/mol. The van der Waals surface area contributed by atoms with Crippen LogP contribution in [0.2, 0.25) is 0 Å². The molecule has 7 heteroatoms. The maximum absolute atomic E-state index is 14.3. The molecule has 2 aromatic rings. The molecule has 1 aromatic carbocycles. The summed E-state index contributed by atoms with van der Waals surface area (Å²) in [5, 5.41) is 11.7. The lowest BCUT2D eigenvalue weighted by Crippen LogP contribution is -2.37. The van der Waals surface area contributed by atoms with Crippen molar-refractivity contribution in [2.75, 3.05) is 0 Å². The third-order valence-corrected chi connectivity index (χ3v) is 4.00. The molecule has 0 radical (unpaired) electrons. The van der Waals surface area contributed by atoms with Gasteiger partial charge in [-0.1, -0.05) is 26.8 Å². The first kappa shape index (κ1) is 19.6. The molecule has 1 unspecified atom stereocenters. The third-order valence-electron chi connectivity index (χ3n) is 4.00. The first-order valence-corrected chi connectivity index (χ1v) is 8.05. The molecule has 140 valence electrons. The van der Waals surface area contributed by atoms with E-state index in [4.69, 9.17) is 9.52 Å². The molecule has 2 N–H and O–H groups in total. The van der Waals surface area contributed by atoms with Gasteiger partial charge in [-0.2, -0.15) is 0 Å². The topological polar surface area (TPSA) is 79.5 Å². The maximum Gasteiger partial charge on any atom is 0.311 e. The third kappa shape index (κ3) is 4.28. The summed E-state index contributed by atoms with van der Waals surface area (Å²) in [6.45, 7) is 7.04. The van der Waals surface area contributed by atoms with Gasteiger partial charge in [-0.05, 0) is 18.4 Å². The minimum atomic E-state index is -1.13. The standard InChI is InChI=1S/C19H21F2NO4/c1-10-9-26-14(8-15(23)24)16(10)18(25)22-17(19(2,3)4)12-6-5-11(20)7-13(12)21/h5-7,9,17H,8H2,1-4H3,(H,22,25)(H,23,24). The Hall–Kier alpha value is -2.70. The monoisotopic (exact) mass is 365 g/mol. The van der Waals surface area contributed by atoms with Crippen LogP contribution in [0.4, 0.5) is 8.78 Å². The van der Waals surface area contributed by atoms with Gasteiger partial charge >= 0.3 is 5.97 Å². The highest BCUT2D eigenvalue weighted by atomic mass is 19.1. The molecule has 0 fully saturated rings. The summed E-state index contributed by atoms with van der Waals surface area (Å²) < 4.78 is 32.7. The van der Waals surface area contributed by atoms with E-state index in [0.717, 1.165) is 12.1 Å². The lowest BCUT2D eigenvalue weighted by Gasteiger charge is -2.32. The van der Waals surface area contributed by atoms with Crippen molar-refractivity contribution < 1.29 is 27.9 Å². The Bertz CT molecular complexity index is 837. The molecule has 0 aliphatic rings. The fourth-order valence-corrected chi connectivity index (χ4v) is 2.77. The number of carboxylic acids is 1. The van der Waals surface area contributed by atoms with Crippen LogP contribution in [-0.2, 0) is 11.2 Å². The van der Waals surface area contributed by atoms with Crippen molar-refractivity contribution in [1.29, 1.82) is 0 Å². The van der Waals surface area contributed by atoms with E-state index in [-0.39, 0.29) is 16.9 Å². The van der Waals surface area contributed by atoms with E-state index >= 15 is 0 Å². The second-order valence-corrected chi connectivity index (χ2v) is 7.23. The predicted octanol–water partition coefficient (Wildman–Crippen LogP) is 4.01. The normalized spacial score (nSPS) is 12.7. The van der Waals surface area contributed by atoms with Crippen LogP contribution >= 0.6 is 0 Å². The number of carbonyl (C=O) groups excluding carboxylic acids is 1. The van der Waals surface area contributed by atoms with Crippen LogP contribution in [0.1, 0.15) is 54.1 Å². The van der Waals surface area contributed by atoms with Crippen LogP contribution < -0.4 is 5.32 Å². The van der Waals surface area contributed by atoms with E-state index in [1.807, 2.05) is 0 Å². The number of aryl methyl sites for hydroxylation is 1. The summed E-state index contributed by atoms with van der Waals surface area (Å²) in [6, 6.07) is 2.42. The Morgan fingerprint density at radius 1 is 1.27 bits per heavy atom. The number of nitrogens with one attached hydrogen (secondary N) is 1. The Balaban J connectivity index is 2.40. The number of furan rings is 1. The van der Waals surface area contributed by atoms with E-state index < -0.39 is 41.4 Å². The van der Waals surface area contributed by atoms with Gasteiger partial charge in [0.25, 0.3) is 5.91 Å². The number of amides is 1. The highest BCUT2D eigenvalue weighted by Gasteiger charge is 2.32. The van der Waals surface area contributed by atoms with Crippen molar-refractivity contribution >= 4 is 11.9 Å². The molecule has 0 spiro atoms. The Labute approximate surface area is 150 Å². The smallest absolute Gasteiger partial charge is 0.311 e. The van der Waals surface area contributed by atoms with Crippen molar-refractivity contribution in [1.82, 2.24) is 5.32 Å². The highest BCUT2D eigenvalue weighted by molar-refractivity contribution is 5.97. The molecule has 0 saturated carbocycles. The first-order chi connectivity index (χ1) is 12.0. The summed E-state index contributed by atoms with van der Waals surface area (Å²) in [7, 11) is 0. The molecule has 0 bridgehead atoms. The number of carbonyl (C=O) groups is 2. The maximum atomic E-state index is 14.3. The lowest BCUT2D eigenvalue weighted by atomic mass is 9.82. The second kappa shape index (κ2) is 7.27. The second-order valence-electron chi connectivity index (χ2n) is 7.23. The van der Waals surface area contributed by atoms with Gasteiger partial charge in [0, 0.05) is 17.2 Å². The lowest BCUT2D eigenvalue weighted by molar-refractivity contribution is -0.136. The van der Waals surface area contributed by atoms with Crippen LogP contribution in [0.25, 0.3) is 0 Å². The summed E-state index contributed by atoms with van der Waals surface area (Å²) in [6.07, 6.45) is 0.861. The predicted molar refractivity (Wildman–Crippen MR) is 90.8 cm³/mol. The zero-order valence-electron chi connectivity index (χ0n) is 15.0. The van der Waals surface area contributed by atoms with E-state index in [9.17, 15) is 18.4 Å². The van der Waals surface area contributed by atoms with Crippen molar-refractivity contribution in [3.8, 4) is 0 Å². The molecular formula is C19H21F2NO4. The Morgan fingerprint density at radius 3 is 2.46 bits per heavy atom. The van der Waals surface area contributed by atoms with Crippen molar-refractivity contribution in [2.24, 2.45) is 5.41 Å². The molecule has 26 heavy (non-hydrogen) atoms. The van der Waals surface area contributed by atoms with Crippen LogP contribution in [0.3, 0.4) is 0 Å². The molecule has 0 saturated heterocycles. The number of aliphatic carboxylic acids is 1. The number of carboxylic acid groups (broad SMARTS) is 1. The van der Waals surface area contributed by atoms with Crippen LogP contribution in [-0.4, -0.2) is 17.0 Å². The number of benzene rings is 1. The summed E-state index contributed by atoms with van der Waals surface area (Å²) >= 11 is 0.